The van der Waals surface area contributed by atoms with Gasteiger partial charge >= 0.3 is 0 Å². The molecule has 6 heteroatoms. The Bertz CT molecular complexity index is 667. The van der Waals surface area contributed by atoms with E-state index in [1.54, 1.807) is 32.4 Å². The lowest BCUT2D eigenvalue weighted by atomic mass is 10.1. The number of imide groups is 1. The molecule has 1 aliphatic heterocycles. The van der Waals surface area contributed by atoms with Crippen LogP contribution in [0, 0.1) is 0 Å². The van der Waals surface area contributed by atoms with Crippen molar-refractivity contribution in [1.82, 2.24) is 4.90 Å². The zero-order chi connectivity index (χ0) is 17.1. The van der Waals surface area contributed by atoms with E-state index in [-0.39, 0.29) is 17.9 Å². The zero-order valence-electron chi connectivity index (χ0n) is 14.0. The van der Waals surface area contributed by atoms with Gasteiger partial charge in [0.15, 0.2) is 11.5 Å². The van der Waals surface area contributed by atoms with Crippen LogP contribution in [0.15, 0.2) is 23.1 Å². The standard InChI is InChI=1S/C17H21NO4S/c1-6-23-15-14(16(19)18(10(2)3)17(15)20)11-7-8-12(21-4)13(9-11)22-5/h7-10H,6H2,1-5H3. The predicted molar refractivity (Wildman–Crippen MR) is 91.6 cm³/mol. The second-order valence-corrected chi connectivity index (χ2v) is 6.56. The third kappa shape index (κ3) is 3.08. The van der Waals surface area contributed by atoms with Crippen molar-refractivity contribution >= 4 is 29.1 Å². The third-order valence-corrected chi connectivity index (χ3v) is 4.51. The van der Waals surface area contributed by atoms with E-state index in [9.17, 15) is 9.59 Å². The number of nitrogens with zero attached hydrogens (tertiary/aromatic N) is 1. The zero-order valence-corrected chi connectivity index (χ0v) is 14.8. The Morgan fingerprint density at radius 3 is 2.26 bits per heavy atom. The molecule has 0 fully saturated rings. The van der Waals surface area contributed by atoms with Gasteiger partial charge in [-0.2, -0.15) is 0 Å². The molecule has 0 aromatic heterocycles. The van der Waals surface area contributed by atoms with Gasteiger partial charge in [0.1, 0.15) is 0 Å². The van der Waals surface area contributed by atoms with E-state index in [4.69, 9.17) is 9.47 Å². The second-order valence-electron chi connectivity index (χ2n) is 5.28. The molecule has 2 amide bonds. The summed E-state index contributed by atoms with van der Waals surface area (Å²) < 4.78 is 10.5. The fraction of sp³-hybridized carbons (Fsp3) is 0.412. The van der Waals surface area contributed by atoms with Crippen molar-refractivity contribution in [3.05, 3.63) is 28.7 Å². The SMILES string of the molecule is CCSC1=C(c2ccc(OC)c(OC)c2)C(=O)N(C(C)C)C1=O. The van der Waals surface area contributed by atoms with Crippen LogP contribution in [-0.2, 0) is 9.59 Å². The van der Waals surface area contributed by atoms with E-state index in [1.165, 1.54) is 16.7 Å². The Balaban J connectivity index is 2.57. The summed E-state index contributed by atoms with van der Waals surface area (Å²) >= 11 is 1.39. The van der Waals surface area contributed by atoms with Crippen LogP contribution in [0.1, 0.15) is 26.3 Å². The first kappa shape index (κ1) is 17.4. The summed E-state index contributed by atoms with van der Waals surface area (Å²) in [6.45, 7) is 5.63. The molecular formula is C17H21NO4S. The number of carbonyl (C=O) groups excluding carboxylic acids is 2. The van der Waals surface area contributed by atoms with Crippen LogP contribution < -0.4 is 9.47 Å². The molecule has 0 unspecified atom stereocenters. The maximum atomic E-state index is 12.8. The summed E-state index contributed by atoms with van der Waals surface area (Å²) in [7, 11) is 3.10. The third-order valence-electron chi connectivity index (χ3n) is 3.55. The fourth-order valence-electron chi connectivity index (χ4n) is 2.52. The molecule has 0 saturated carbocycles. The molecule has 0 aliphatic carbocycles. The van der Waals surface area contributed by atoms with Crippen molar-refractivity contribution in [1.29, 1.82) is 0 Å². The van der Waals surface area contributed by atoms with Gasteiger partial charge in [-0.1, -0.05) is 13.0 Å². The highest BCUT2D eigenvalue weighted by Crippen LogP contribution is 2.39. The van der Waals surface area contributed by atoms with Crippen LogP contribution in [-0.4, -0.2) is 42.7 Å². The Kier molecular flexibility index (Phi) is 5.36. The smallest absolute Gasteiger partial charge is 0.268 e. The number of hydrogen-bond acceptors (Lipinski definition) is 5. The minimum absolute atomic E-state index is 0.180. The average molecular weight is 335 g/mol. The van der Waals surface area contributed by atoms with E-state index < -0.39 is 0 Å². The summed E-state index contributed by atoms with van der Waals surface area (Å²) in [5.74, 6) is 1.35. The van der Waals surface area contributed by atoms with Crippen LogP contribution in [0.2, 0.25) is 0 Å². The molecule has 1 aromatic carbocycles. The Labute approximate surface area is 140 Å². The number of carbonyl (C=O) groups is 2. The molecule has 0 saturated heterocycles. The van der Waals surface area contributed by atoms with Crippen LogP contribution in [0.5, 0.6) is 11.5 Å². The summed E-state index contributed by atoms with van der Waals surface area (Å²) in [5, 5.41) is 0. The van der Waals surface area contributed by atoms with Crippen LogP contribution in [0.4, 0.5) is 0 Å². The predicted octanol–water partition coefficient (Wildman–Crippen LogP) is 2.95. The fourth-order valence-corrected chi connectivity index (χ4v) is 3.38. The van der Waals surface area contributed by atoms with Gasteiger partial charge < -0.3 is 9.47 Å². The molecule has 1 heterocycles. The lowest BCUT2D eigenvalue weighted by Gasteiger charge is -2.19. The van der Waals surface area contributed by atoms with E-state index in [2.05, 4.69) is 0 Å². The minimum Gasteiger partial charge on any atom is -0.493 e. The van der Waals surface area contributed by atoms with Crippen LogP contribution >= 0.6 is 11.8 Å². The molecule has 124 valence electrons. The maximum absolute atomic E-state index is 12.8. The highest BCUT2D eigenvalue weighted by molar-refractivity contribution is 8.04. The normalized spacial score (nSPS) is 15.0. The monoisotopic (exact) mass is 335 g/mol. The molecule has 2 rings (SSSR count). The number of methoxy groups -OCH3 is 2. The topological polar surface area (TPSA) is 55.8 Å². The molecule has 0 radical (unpaired) electrons. The van der Waals surface area contributed by atoms with Crippen molar-refractivity contribution in [3.8, 4) is 11.5 Å². The van der Waals surface area contributed by atoms with Crippen molar-refractivity contribution in [2.24, 2.45) is 0 Å². The van der Waals surface area contributed by atoms with Gasteiger partial charge in [0.05, 0.1) is 24.7 Å². The molecule has 0 bridgehead atoms. The molecule has 1 aliphatic rings. The molecule has 0 atom stereocenters. The number of amides is 2. The van der Waals surface area contributed by atoms with Gasteiger partial charge in [-0.15, -0.1) is 11.8 Å². The Morgan fingerprint density at radius 1 is 1.09 bits per heavy atom. The number of benzene rings is 1. The van der Waals surface area contributed by atoms with Gasteiger partial charge in [-0.3, -0.25) is 14.5 Å². The molecule has 23 heavy (non-hydrogen) atoms. The molecular weight excluding hydrogens is 314 g/mol. The van der Waals surface area contributed by atoms with Crippen molar-refractivity contribution in [2.75, 3.05) is 20.0 Å². The van der Waals surface area contributed by atoms with E-state index in [1.807, 2.05) is 20.8 Å². The summed E-state index contributed by atoms with van der Waals surface area (Å²) in [5.41, 5.74) is 1.11. The maximum Gasteiger partial charge on any atom is 0.268 e. The van der Waals surface area contributed by atoms with Crippen LogP contribution in [0.3, 0.4) is 0 Å². The number of thioether (sulfide) groups is 1. The van der Waals surface area contributed by atoms with Crippen LogP contribution in [0.25, 0.3) is 5.57 Å². The Morgan fingerprint density at radius 2 is 1.74 bits per heavy atom. The first-order valence-corrected chi connectivity index (χ1v) is 8.42. The van der Waals surface area contributed by atoms with Gasteiger partial charge in [-0.25, -0.2) is 0 Å². The average Bonchev–Trinajstić information content (AvgIpc) is 2.77. The van der Waals surface area contributed by atoms with Crippen molar-refractivity contribution in [2.45, 2.75) is 26.8 Å². The summed E-state index contributed by atoms with van der Waals surface area (Å²) in [6.07, 6.45) is 0. The molecule has 5 nitrogen and oxygen atoms in total. The highest BCUT2D eigenvalue weighted by atomic mass is 32.2. The first-order chi connectivity index (χ1) is 11.0. The number of rotatable bonds is 6. The van der Waals surface area contributed by atoms with Gasteiger partial charge in [0.2, 0.25) is 0 Å². The van der Waals surface area contributed by atoms with E-state index in [0.717, 1.165) is 5.75 Å². The van der Waals surface area contributed by atoms with Gasteiger partial charge in [-0.05, 0) is 37.3 Å². The van der Waals surface area contributed by atoms with Crippen molar-refractivity contribution < 1.29 is 19.1 Å². The largest absolute Gasteiger partial charge is 0.493 e. The quantitative estimate of drug-likeness (QED) is 0.748. The molecule has 0 N–H and O–H groups in total. The second kappa shape index (κ2) is 7.08. The Hall–Kier alpha value is -1.95. The lowest BCUT2D eigenvalue weighted by molar-refractivity contribution is -0.138. The molecule has 1 aromatic rings. The van der Waals surface area contributed by atoms with E-state index in [0.29, 0.717) is 27.5 Å². The van der Waals surface area contributed by atoms with E-state index >= 15 is 0 Å². The summed E-state index contributed by atoms with van der Waals surface area (Å²) in [4.78, 5) is 27.1. The highest BCUT2D eigenvalue weighted by Gasteiger charge is 2.40. The minimum atomic E-state index is -0.256. The number of hydrogen-bond donors (Lipinski definition) is 0. The van der Waals surface area contributed by atoms with Crippen molar-refractivity contribution in [3.63, 3.8) is 0 Å². The van der Waals surface area contributed by atoms with Gasteiger partial charge in [0, 0.05) is 6.04 Å². The summed E-state index contributed by atoms with van der Waals surface area (Å²) in [6, 6.07) is 5.08. The molecule has 0 spiro atoms. The number of ether oxygens (including phenoxy) is 2. The van der Waals surface area contributed by atoms with Gasteiger partial charge in [0.25, 0.3) is 11.8 Å². The first-order valence-electron chi connectivity index (χ1n) is 7.43. The lowest BCUT2D eigenvalue weighted by Crippen LogP contribution is -2.37.